The Morgan fingerprint density at radius 3 is 2.68 bits per heavy atom. The molecule has 28 heavy (non-hydrogen) atoms. The molecule has 0 atom stereocenters. The number of hydrogen-bond acceptors (Lipinski definition) is 4. The predicted octanol–water partition coefficient (Wildman–Crippen LogP) is 4.25. The summed E-state index contributed by atoms with van der Waals surface area (Å²) in [4.78, 5) is 34.5. The van der Waals surface area contributed by atoms with Crippen LogP contribution in [0.2, 0.25) is 0 Å². The van der Waals surface area contributed by atoms with Crippen molar-refractivity contribution in [2.75, 3.05) is 31.1 Å². The SMILES string of the molecule is CC(C)(C)OC(=O)N1CCC(CN2C=CCN(c3ccnc(Br)c3)C2=O)CC1. The molecule has 1 saturated heterocycles. The lowest BCUT2D eigenvalue weighted by Gasteiger charge is -2.37. The first-order valence-electron chi connectivity index (χ1n) is 9.57. The quantitative estimate of drug-likeness (QED) is 0.645. The van der Waals surface area contributed by atoms with Crippen LogP contribution in [0, 0.1) is 5.92 Å². The Morgan fingerprint density at radius 2 is 2.04 bits per heavy atom. The zero-order chi connectivity index (χ0) is 20.3. The number of amides is 3. The molecule has 0 N–H and O–H groups in total. The molecule has 0 unspecified atom stereocenters. The number of urea groups is 1. The number of hydrogen-bond donors (Lipinski definition) is 0. The third-order valence-electron chi connectivity index (χ3n) is 4.79. The second-order valence-electron chi connectivity index (χ2n) is 8.18. The predicted molar refractivity (Wildman–Crippen MR) is 111 cm³/mol. The summed E-state index contributed by atoms with van der Waals surface area (Å²) in [6, 6.07) is 3.64. The van der Waals surface area contributed by atoms with Crippen LogP contribution in [0.15, 0.2) is 35.2 Å². The lowest BCUT2D eigenvalue weighted by molar-refractivity contribution is 0.0177. The summed E-state index contributed by atoms with van der Waals surface area (Å²) in [5, 5.41) is 0. The van der Waals surface area contributed by atoms with Crippen molar-refractivity contribution in [3.05, 3.63) is 35.2 Å². The largest absolute Gasteiger partial charge is 0.444 e. The van der Waals surface area contributed by atoms with E-state index in [1.165, 1.54) is 0 Å². The highest BCUT2D eigenvalue weighted by Crippen LogP contribution is 2.25. The van der Waals surface area contributed by atoms with Crippen LogP contribution >= 0.6 is 15.9 Å². The van der Waals surface area contributed by atoms with Gasteiger partial charge in [-0.2, -0.15) is 0 Å². The molecule has 152 valence electrons. The van der Waals surface area contributed by atoms with Crippen molar-refractivity contribution in [1.82, 2.24) is 14.8 Å². The van der Waals surface area contributed by atoms with E-state index >= 15 is 0 Å². The molecule has 0 radical (unpaired) electrons. The van der Waals surface area contributed by atoms with Crippen LogP contribution in [0.3, 0.4) is 0 Å². The van der Waals surface area contributed by atoms with Gasteiger partial charge in [-0.1, -0.05) is 0 Å². The van der Waals surface area contributed by atoms with Crippen LogP contribution in [-0.4, -0.2) is 58.7 Å². The maximum atomic E-state index is 12.9. The molecule has 0 spiro atoms. The van der Waals surface area contributed by atoms with Crippen molar-refractivity contribution in [3.8, 4) is 0 Å². The van der Waals surface area contributed by atoms with Gasteiger partial charge in [-0.25, -0.2) is 14.6 Å². The minimum atomic E-state index is -0.482. The number of likely N-dealkylation sites (tertiary alicyclic amines) is 1. The lowest BCUT2D eigenvalue weighted by atomic mass is 9.96. The Morgan fingerprint density at radius 1 is 1.32 bits per heavy atom. The second-order valence-corrected chi connectivity index (χ2v) is 8.99. The van der Waals surface area contributed by atoms with E-state index in [0.717, 1.165) is 18.5 Å². The van der Waals surface area contributed by atoms with Crippen molar-refractivity contribution < 1.29 is 14.3 Å². The van der Waals surface area contributed by atoms with Crippen LogP contribution in [-0.2, 0) is 4.74 Å². The van der Waals surface area contributed by atoms with Crippen LogP contribution in [0.5, 0.6) is 0 Å². The van der Waals surface area contributed by atoms with Gasteiger partial charge < -0.3 is 14.5 Å². The van der Waals surface area contributed by atoms with Crippen molar-refractivity contribution in [2.24, 2.45) is 5.92 Å². The van der Waals surface area contributed by atoms with Crippen molar-refractivity contribution in [2.45, 2.75) is 39.2 Å². The van der Waals surface area contributed by atoms with Gasteiger partial charge in [0, 0.05) is 38.6 Å². The second kappa shape index (κ2) is 8.51. The molecule has 0 aromatic carbocycles. The van der Waals surface area contributed by atoms with Crippen LogP contribution in [0.1, 0.15) is 33.6 Å². The van der Waals surface area contributed by atoms with E-state index in [4.69, 9.17) is 4.74 Å². The van der Waals surface area contributed by atoms with E-state index in [2.05, 4.69) is 20.9 Å². The molecular weight excluding hydrogens is 424 g/mol. The number of rotatable bonds is 3. The number of nitrogens with zero attached hydrogens (tertiary/aromatic N) is 4. The molecule has 2 aliphatic heterocycles. The first-order chi connectivity index (χ1) is 13.2. The summed E-state index contributed by atoms with van der Waals surface area (Å²) in [6.45, 7) is 8.14. The standard InChI is InChI=1S/C20H27BrN4O3/c1-20(2,3)28-19(27)23-11-6-15(7-12-23)14-24-9-4-10-25(18(24)26)16-5-8-22-17(21)13-16/h4-5,8-9,13,15H,6-7,10-12,14H2,1-3H3. The number of pyridine rings is 1. The summed E-state index contributed by atoms with van der Waals surface area (Å²) >= 11 is 3.36. The Labute approximate surface area is 174 Å². The van der Waals surface area contributed by atoms with Gasteiger partial charge in [0.1, 0.15) is 10.2 Å². The van der Waals surface area contributed by atoms with Crippen LogP contribution in [0.25, 0.3) is 0 Å². The normalized spacial score (nSPS) is 18.6. The fraction of sp³-hybridized carbons (Fsp3) is 0.550. The van der Waals surface area contributed by atoms with Gasteiger partial charge in [0.25, 0.3) is 0 Å². The van der Waals surface area contributed by atoms with Gasteiger partial charge in [-0.05, 0) is 73.7 Å². The summed E-state index contributed by atoms with van der Waals surface area (Å²) in [7, 11) is 0. The molecule has 3 rings (SSSR count). The monoisotopic (exact) mass is 450 g/mol. The number of piperidine rings is 1. The van der Waals surface area contributed by atoms with Gasteiger partial charge in [-0.3, -0.25) is 4.90 Å². The third-order valence-corrected chi connectivity index (χ3v) is 5.23. The summed E-state index contributed by atoms with van der Waals surface area (Å²) < 4.78 is 6.15. The first-order valence-corrected chi connectivity index (χ1v) is 10.4. The van der Waals surface area contributed by atoms with Crippen molar-refractivity contribution >= 4 is 33.7 Å². The topological polar surface area (TPSA) is 66.0 Å². The molecule has 3 heterocycles. The Balaban J connectivity index is 1.55. The van der Waals surface area contributed by atoms with Crippen molar-refractivity contribution in [1.29, 1.82) is 0 Å². The molecule has 0 aliphatic carbocycles. The first kappa shape index (κ1) is 20.6. The summed E-state index contributed by atoms with van der Waals surface area (Å²) in [5.74, 6) is 0.358. The van der Waals surface area contributed by atoms with E-state index in [1.54, 1.807) is 20.9 Å². The molecular formula is C20H27BrN4O3. The van der Waals surface area contributed by atoms with E-state index in [1.807, 2.05) is 45.2 Å². The Bertz CT molecular complexity index is 754. The number of carbonyl (C=O) groups is 2. The van der Waals surface area contributed by atoms with E-state index in [-0.39, 0.29) is 12.1 Å². The molecule has 1 fully saturated rings. The highest BCUT2D eigenvalue weighted by Gasteiger charge is 2.30. The van der Waals surface area contributed by atoms with Gasteiger partial charge in [-0.15, -0.1) is 0 Å². The van der Waals surface area contributed by atoms with Gasteiger partial charge >= 0.3 is 12.1 Å². The lowest BCUT2D eigenvalue weighted by Crippen LogP contribution is -2.48. The zero-order valence-electron chi connectivity index (χ0n) is 16.6. The fourth-order valence-corrected chi connectivity index (χ4v) is 3.75. The smallest absolute Gasteiger partial charge is 0.410 e. The molecule has 1 aromatic heterocycles. The molecule has 0 bridgehead atoms. The van der Waals surface area contributed by atoms with E-state index in [0.29, 0.717) is 36.7 Å². The number of aromatic nitrogens is 1. The summed E-state index contributed by atoms with van der Waals surface area (Å²) in [6.07, 6.45) is 7.01. The highest BCUT2D eigenvalue weighted by atomic mass is 79.9. The van der Waals surface area contributed by atoms with Crippen molar-refractivity contribution in [3.63, 3.8) is 0 Å². The Hall–Kier alpha value is -2.09. The van der Waals surface area contributed by atoms with Gasteiger partial charge in [0.05, 0.1) is 5.69 Å². The molecule has 3 amide bonds. The zero-order valence-corrected chi connectivity index (χ0v) is 18.2. The van der Waals surface area contributed by atoms with E-state index < -0.39 is 5.60 Å². The average molecular weight is 451 g/mol. The molecule has 7 nitrogen and oxygen atoms in total. The van der Waals surface area contributed by atoms with Crippen LogP contribution < -0.4 is 4.90 Å². The van der Waals surface area contributed by atoms with Gasteiger partial charge in [0.15, 0.2) is 0 Å². The number of anilines is 1. The molecule has 1 aromatic rings. The highest BCUT2D eigenvalue weighted by molar-refractivity contribution is 9.10. The summed E-state index contributed by atoms with van der Waals surface area (Å²) in [5.41, 5.74) is 0.339. The van der Waals surface area contributed by atoms with E-state index in [9.17, 15) is 9.59 Å². The van der Waals surface area contributed by atoms with Gasteiger partial charge in [0.2, 0.25) is 0 Å². The molecule has 0 saturated carbocycles. The average Bonchev–Trinajstić information content (AvgIpc) is 2.62. The fourth-order valence-electron chi connectivity index (χ4n) is 3.39. The number of ether oxygens (including phenoxy) is 1. The Kier molecular flexibility index (Phi) is 6.27. The third kappa shape index (κ3) is 5.25. The molecule has 8 heteroatoms. The minimum absolute atomic E-state index is 0.0322. The number of carbonyl (C=O) groups excluding carboxylic acids is 2. The molecule has 2 aliphatic rings. The minimum Gasteiger partial charge on any atom is -0.444 e. The maximum absolute atomic E-state index is 12.9. The van der Waals surface area contributed by atoms with Crippen LogP contribution in [0.4, 0.5) is 15.3 Å². The maximum Gasteiger partial charge on any atom is 0.410 e. The number of halogens is 1.